The minimum absolute atomic E-state index is 0.0227. The van der Waals surface area contributed by atoms with Crippen LogP contribution in [0.4, 0.5) is 10.9 Å². The highest BCUT2D eigenvalue weighted by molar-refractivity contribution is 7.18. The van der Waals surface area contributed by atoms with Crippen molar-refractivity contribution in [2.75, 3.05) is 44.8 Å². The molecule has 0 saturated heterocycles. The number of amides is 1. The maximum atomic E-state index is 12.6. The summed E-state index contributed by atoms with van der Waals surface area (Å²) >= 11 is 1.33. The van der Waals surface area contributed by atoms with E-state index in [0.29, 0.717) is 22.4 Å². The number of nitrogens with two attached hydrogens (primary N) is 1. The van der Waals surface area contributed by atoms with Gasteiger partial charge in [-0.2, -0.15) is 0 Å². The second-order valence-corrected chi connectivity index (χ2v) is 6.63. The van der Waals surface area contributed by atoms with E-state index < -0.39 is 0 Å². The van der Waals surface area contributed by atoms with Gasteiger partial charge in [-0.3, -0.25) is 4.79 Å². The zero-order valence-corrected chi connectivity index (χ0v) is 14.5. The molecule has 21 heavy (non-hydrogen) atoms. The third-order valence-electron chi connectivity index (χ3n) is 2.86. The second-order valence-electron chi connectivity index (χ2n) is 5.63. The third-order valence-corrected chi connectivity index (χ3v) is 3.85. The molecule has 3 N–H and O–H groups in total. The monoisotopic (exact) mass is 313 g/mol. The average molecular weight is 313 g/mol. The number of nitrogens with zero attached hydrogens (tertiary/aromatic N) is 3. The molecule has 0 bridgehead atoms. The van der Waals surface area contributed by atoms with Crippen molar-refractivity contribution < 1.29 is 4.79 Å². The molecule has 0 aliphatic rings. The van der Waals surface area contributed by atoms with E-state index >= 15 is 0 Å². The Labute approximate surface area is 131 Å². The summed E-state index contributed by atoms with van der Waals surface area (Å²) < 4.78 is 0. The van der Waals surface area contributed by atoms with Gasteiger partial charge in [0.15, 0.2) is 5.13 Å². The highest BCUT2D eigenvalue weighted by Crippen LogP contribution is 2.26. The van der Waals surface area contributed by atoms with Crippen LogP contribution in [0.2, 0.25) is 0 Å². The van der Waals surface area contributed by atoms with E-state index in [9.17, 15) is 4.79 Å². The standard InChI is InChI=1S/C14H27N5OS/c1-6-7-19(9-8-18(4)5)13(20)11-12(15)17-14(21-11)16-10(2)3/h10H,6-9,15H2,1-5H3,(H,16,17). The number of rotatable bonds is 8. The summed E-state index contributed by atoms with van der Waals surface area (Å²) in [4.78, 5) is 21.3. The molecular weight excluding hydrogens is 286 g/mol. The van der Waals surface area contributed by atoms with Crippen LogP contribution < -0.4 is 11.1 Å². The van der Waals surface area contributed by atoms with Crippen molar-refractivity contribution in [1.29, 1.82) is 0 Å². The lowest BCUT2D eigenvalue weighted by molar-refractivity contribution is 0.0750. The molecule has 0 aliphatic carbocycles. The van der Waals surface area contributed by atoms with E-state index in [2.05, 4.69) is 22.1 Å². The Balaban J connectivity index is 2.84. The topological polar surface area (TPSA) is 74.5 Å². The highest BCUT2D eigenvalue weighted by Gasteiger charge is 2.22. The normalized spacial score (nSPS) is 11.2. The fourth-order valence-electron chi connectivity index (χ4n) is 1.84. The first-order valence-corrected chi connectivity index (χ1v) is 8.13. The minimum atomic E-state index is -0.0227. The van der Waals surface area contributed by atoms with E-state index in [4.69, 9.17) is 5.73 Å². The van der Waals surface area contributed by atoms with E-state index in [-0.39, 0.29) is 11.9 Å². The van der Waals surface area contributed by atoms with E-state index in [0.717, 1.165) is 19.5 Å². The Hall–Kier alpha value is -1.34. The smallest absolute Gasteiger partial charge is 0.267 e. The summed E-state index contributed by atoms with van der Waals surface area (Å²) in [7, 11) is 4.00. The fourth-order valence-corrected chi connectivity index (χ4v) is 2.84. The molecule has 0 fully saturated rings. The third kappa shape index (κ3) is 5.51. The van der Waals surface area contributed by atoms with Crippen molar-refractivity contribution in [3.8, 4) is 0 Å². The van der Waals surface area contributed by atoms with Gasteiger partial charge in [0.25, 0.3) is 5.91 Å². The number of thiazole rings is 1. The lowest BCUT2D eigenvalue weighted by Crippen LogP contribution is -2.37. The summed E-state index contributed by atoms with van der Waals surface area (Å²) in [5.74, 6) is 0.296. The Morgan fingerprint density at radius 2 is 2.00 bits per heavy atom. The molecule has 0 saturated carbocycles. The van der Waals surface area contributed by atoms with Crippen LogP contribution in [0.25, 0.3) is 0 Å². The number of nitrogen functional groups attached to an aromatic ring is 1. The molecule has 0 spiro atoms. The molecule has 1 heterocycles. The Kier molecular flexibility index (Phi) is 6.91. The van der Waals surface area contributed by atoms with Crippen molar-refractivity contribution in [2.45, 2.75) is 33.2 Å². The van der Waals surface area contributed by atoms with Crippen LogP contribution in [0.5, 0.6) is 0 Å². The van der Waals surface area contributed by atoms with Gasteiger partial charge in [-0.1, -0.05) is 18.3 Å². The number of anilines is 2. The van der Waals surface area contributed by atoms with Gasteiger partial charge < -0.3 is 20.9 Å². The van der Waals surface area contributed by atoms with Gasteiger partial charge in [0.2, 0.25) is 0 Å². The number of carbonyl (C=O) groups is 1. The lowest BCUT2D eigenvalue weighted by Gasteiger charge is -2.23. The zero-order valence-electron chi connectivity index (χ0n) is 13.6. The van der Waals surface area contributed by atoms with Crippen LogP contribution >= 0.6 is 11.3 Å². The van der Waals surface area contributed by atoms with Gasteiger partial charge in [0, 0.05) is 25.7 Å². The average Bonchev–Trinajstić information content (AvgIpc) is 2.73. The Morgan fingerprint density at radius 1 is 1.33 bits per heavy atom. The van der Waals surface area contributed by atoms with Crippen molar-refractivity contribution >= 4 is 28.2 Å². The lowest BCUT2D eigenvalue weighted by atomic mass is 10.3. The second kappa shape index (κ2) is 8.19. The van der Waals surface area contributed by atoms with Crippen molar-refractivity contribution in [1.82, 2.24) is 14.8 Å². The molecule has 6 nitrogen and oxygen atoms in total. The molecule has 0 aromatic carbocycles. The first-order chi connectivity index (χ1) is 9.85. The van der Waals surface area contributed by atoms with Gasteiger partial charge in [0.05, 0.1) is 0 Å². The molecule has 0 radical (unpaired) electrons. The number of nitrogens with one attached hydrogen (secondary N) is 1. The fraction of sp³-hybridized carbons (Fsp3) is 0.714. The Morgan fingerprint density at radius 3 is 2.52 bits per heavy atom. The van der Waals surface area contributed by atoms with E-state index in [1.165, 1.54) is 11.3 Å². The molecule has 0 atom stereocenters. The Bertz CT molecular complexity index is 458. The van der Waals surface area contributed by atoms with Gasteiger partial charge in [-0.25, -0.2) is 4.98 Å². The molecule has 1 aromatic rings. The van der Waals surface area contributed by atoms with Gasteiger partial charge in [-0.15, -0.1) is 0 Å². The summed E-state index contributed by atoms with van der Waals surface area (Å²) in [6.07, 6.45) is 0.926. The van der Waals surface area contributed by atoms with Gasteiger partial charge >= 0.3 is 0 Å². The van der Waals surface area contributed by atoms with Crippen LogP contribution in [0, 0.1) is 0 Å². The number of carbonyl (C=O) groups excluding carboxylic acids is 1. The first-order valence-electron chi connectivity index (χ1n) is 7.32. The SMILES string of the molecule is CCCN(CCN(C)C)C(=O)c1sc(NC(C)C)nc1N. The summed E-state index contributed by atoms with van der Waals surface area (Å²) in [5, 5.41) is 3.89. The largest absolute Gasteiger partial charge is 0.382 e. The summed E-state index contributed by atoms with van der Waals surface area (Å²) in [6.45, 7) is 8.39. The highest BCUT2D eigenvalue weighted by atomic mass is 32.1. The number of likely N-dealkylation sites (N-methyl/N-ethyl adjacent to an activating group) is 1. The molecular formula is C14H27N5OS. The molecule has 0 aliphatic heterocycles. The number of aromatic nitrogens is 1. The van der Waals surface area contributed by atoms with Gasteiger partial charge in [0.1, 0.15) is 10.7 Å². The van der Waals surface area contributed by atoms with Crippen LogP contribution in [0.15, 0.2) is 0 Å². The quantitative estimate of drug-likeness (QED) is 0.767. The van der Waals surface area contributed by atoms with Crippen molar-refractivity contribution in [2.24, 2.45) is 0 Å². The van der Waals surface area contributed by atoms with E-state index in [1.54, 1.807) is 0 Å². The predicted octanol–water partition coefficient (Wildman–Crippen LogP) is 1.96. The maximum Gasteiger partial charge on any atom is 0.267 e. The number of hydrogen-bond donors (Lipinski definition) is 2. The molecule has 1 rings (SSSR count). The van der Waals surface area contributed by atoms with Crippen LogP contribution in [0.1, 0.15) is 36.9 Å². The molecule has 1 amide bonds. The molecule has 120 valence electrons. The number of hydrogen-bond acceptors (Lipinski definition) is 6. The molecule has 1 aromatic heterocycles. The van der Waals surface area contributed by atoms with E-state index in [1.807, 2.05) is 32.8 Å². The van der Waals surface area contributed by atoms with Gasteiger partial charge in [-0.05, 0) is 34.4 Å². The van der Waals surface area contributed by atoms with Crippen molar-refractivity contribution in [3.63, 3.8) is 0 Å². The maximum absolute atomic E-state index is 12.6. The summed E-state index contributed by atoms with van der Waals surface area (Å²) in [6, 6.07) is 0.263. The molecule has 7 heteroatoms. The zero-order chi connectivity index (χ0) is 16.0. The van der Waals surface area contributed by atoms with Crippen LogP contribution in [0.3, 0.4) is 0 Å². The first kappa shape index (κ1) is 17.7. The summed E-state index contributed by atoms with van der Waals surface area (Å²) in [5.41, 5.74) is 5.91. The minimum Gasteiger partial charge on any atom is -0.382 e. The van der Waals surface area contributed by atoms with Crippen molar-refractivity contribution in [3.05, 3.63) is 4.88 Å². The van der Waals surface area contributed by atoms with Crippen LogP contribution in [-0.2, 0) is 0 Å². The predicted molar refractivity (Wildman–Crippen MR) is 90.0 cm³/mol. The molecule has 0 unspecified atom stereocenters. The van der Waals surface area contributed by atoms with Crippen LogP contribution in [-0.4, -0.2) is 60.5 Å².